The fourth-order valence-corrected chi connectivity index (χ4v) is 2.15. The van der Waals surface area contributed by atoms with Gasteiger partial charge in [-0.2, -0.15) is 0 Å². The molecule has 3 heteroatoms. The minimum Gasteiger partial charge on any atom is -0.345 e. The number of hydrogen-bond donors (Lipinski definition) is 0. The molecule has 2 heterocycles. The predicted molar refractivity (Wildman–Crippen MR) is 90.8 cm³/mol. The summed E-state index contributed by atoms with van der Waals surface area (Å²) in [6, 6.07) is 11.7. The van der Waals surface area contributed by atoms with Gasteiger partial charge in [-0.25, -0.2) is 4.98 Å². The summed E-state index contributed by atoms with van der Waals surface area (Å²) < 4.78 is 4.34. The Morgan fingerprint density at radius 2 is 1.62 bits per heavy atom. The van der Waals surface area contributed by atoms with Gasteiger partial charge < -0.3 is 9.13 Å². The molecule has 2 aliphatic rings. The molecule has 0 amide bonds. The topological polar surface area (TPSA) is 22.8 Å². The Kier molecular flexibility index (Phi) is 6.22. The van der Waals surface area contributed by atoms with E-state index in [-0.39, 0.29) is 7.43 Å². The van der Waals surface area contributed by atoms with Crippen LogP contribution in [0.4, 0.5) is 0 Å². The summed E-state index contributed by atoms with van der Waals surface area (Å²) in [5.41, 5.74) is 2.65. The number of aromatic nitrogens is 3. The van der Waals surface area contributed by atoms with Crippen molar-refractivity contribution < 1.29 is 0 Å². The van der Waals surface area contributed by atoms with E-state index in [1.165, 1.54) is 11.3 Å². The summed E-state index contributed by atoms with van der Waals surface area (Å²) in [5, 5.41) is 0. The lowest BCUT2D eigenvalue weighted by Gasteiger charge is -2.15. The molecule has 3 nitrogen and oxygen atoms in total. The van der Waals surface area contributed by atoms with Crippen molar-refractivity contribution in [1.82, 2.24) is 14.1 Å². The number of rotatable bonds is 2. The number of hydrogen-bond acceptors (Lipinski definition) is 1. The summed E-state index contributed by atoms with van der Waals surface area (Å²) >= 11 is 0. The SMILES string of the molecule is C.CC(C)n1cccc2cccc1-2.CC(C)n1ccnc1. The van der Waals surface area contributed by atoms with Crippen LogP contribution >= 0.6 is 0 Å². The van der Waals surface area contributed by atoms with Gasteiger partial charge in [-0.05, 0) is 45.4 Å². The number of nitrogens with zero attached hydrogens (tertiary/aromatic N) is 3. The van der Waals surface area contributed by atoms with Crippen LogP contribution in [0.3, 0.4) is 0 Å². The zero-order valence-electron chi connectivity index (χ0n) is 12.7. The molecule has 3 rings (SSSR count). The number of imidazole rings is 1. The van der Waals surface area contributed by atoms with E-state index in [1.807, 2.05) is 12.5 Å². The van der Waals surface area contributed by atoms with Gasteiger partial charge in [0.05, 0.1) is 6.33 Å². The van der Waals surface area contributed by atoms with E-state index in [9.17, 15) is 0 Å². The zero-order chi connectivity index (χ0) is 14.5. The quantitative estimate of drug-likeness (QED) is 0.628. The van der Waals surface area contributed by atoms with Gasteiger partial charge >= 0.3 is 0 Å². The van der Waals surface area contributed by atoms with Crippen LogP contribution < -0.4 is 0 Å². The van der Waals surface area contributed by atoms with Crippen LogP contribution in [0.2, 0.25) is 0 Å². The third-order valence-electron chi connectivity index (χ3n) is 3.30. The van der Waals surface area contributed by atoms with E-state index in [4.69, 9.17) is 0 Å². The molecule has 0 N–H and O–H groups in total. The summed E-state index contributed by atoms with van der Waals surface area (Å²) in [7, 11) is 0. The van der Waals surface area contributed by atoms with Gasteiger partial charge in [-0.1, -0.05) is 25.6 Å². The van der Waals surface area contributed by atoms with Crippen LogP contribution in [0.15, 0.2) is 55.2 Å². The number of fused-ring (bicyclic) bond motifs is 1. The maximum Gasteiger partial charge on any atom is 0.0948 e. The molecule has 21 heavy (non-hydrogen) atoms. The van der Waals surface area contributed by atoms with E-state index in [1.54, 1.807) is 6.20 Å². The third-order valence-corrected chi connectivity index (χ3v) is 3.30. The molecule has 0 unspecified atom stereocenters. The molecule has 0 aromatic carbocycles. The van der Waals surface area contributed by atoms with Gasteiger partial charge in [0.15, 0.2) is 0 Å². The van der Waals surface area contributed by atoms with E-state index in [0.29, 0.717) is 12.1 Å². The first-order chi connectivity index (χ1) is 9.59. The lowest BCUT2D eigenvalue weighted by atomic mass is 10.2. The van der Waals surface area contributed by atoms with Crippen molar-refractivity contribution in [3.63, 3.8) is 0 Å². The van der Waals surface area contributed by atoms with Gasteiger partial charge in [0.25, 0.3) is 0 Å². The van der Waals surface area contributed by atoms with Gasteiger partial charge in [-0.3, -0.25) is 0 Å². The second-order valence-electron chi connectivity index (χ2n) is 5.48. The van der Waals surface area contributed by atoms with Crippen LogP contribution in [0.25, 0.3) is 11.3 Å². The molecule has 0 saturated heterocycles. The van der Waals surface area contributed by atoms with Crippen molar-refractivity contribution in [1.29, 1.82) is 0 Å². The maximum atomic E-state index is 3.91. The fourth-order valence-electron chi connectivity index (χ4n) is 2.15. The lowest BCUT2D eigenvalue weighted by Crippen LogP contribution is -2.03. The Morgan fingerprint density at radius 1 is 0.905 bits per heavy atom. The monoisotopic (exact) mass is 285 g/mol. The molecule has 1 aromatic rings. The second-order valence-corrected chi connectivity index (χ2v) is 5.48. The van der Waals surface area contributed by atoms with E-state index >= 15 is 0 Å². The van der Waals surface area contributed by atoms with Crippen molar-refractivity contribution in [2.45, 2.75) is 47.2 Å². The minimum absolute atomic E-state index is 0. The van der Waals surface area contributed by atoms with E-state index in [2.05, 4.69) is 78.3 Å². The molecule has 0 bridgehead atoms. The Hall–Kier alpha value is -2.03. The maximum absolute atomic E-state index is 3.91. The zero-order valence-corrected chi connectivity index (χ0v) is 12.7. The fraction of sp³-hybridized carbons (Fsp3) is 0.389. The highest BCUT2D eigenvalue weighted by atomic mass is 15.0. The summed E-state index contributed by atoms with van der Waals surface area (Å²) in [5.74, 6) is 0. The summed E-state index contributed by atoms with van der Waals surface area (Å²) in [6.45, 7) is 8.65. The molecule has 114 valence electrons. The molecule has 0 saturated carbocycles. The molecule has 0 radical (unpaired) electrons. The highest BCUT2D eigenvalue weighted by molar-refractivity contribution is 5.62. The van der Waals surface area contributed by atoms with Crippen molar-refractivity contribution in [2.75, 3.05) is 0 Å². The summed E-state index contributed by atoms with van der Waals surface area (Å²) in [6.07, 6.45) is 7.71. The third kappa shape index (κ3) is 4.22. The molecule has 0 atom stereocenters. The first-order valence-corrected chi connectivity index (χ1v) is 7.12. The van der Waals surface area contributed by atoms with Crippen molar-refractivity contribution in [2.24, 2.45) is 0 Å². The minimum atomic E-state index is 0. The molecule has 0 spiro atoms. The number of pyridine rings is 1. The van der Waals surface area contributed by atoms with Gasteiger partial charge in [-0.15, -0.1) is 0 Å². The van der Waals surface area contributed by atoms with Crippen molar-refractivity contribution >= 4 is 0 Å². The van der Waals surface area contributed by atoms with Crippen LogP contribution in [0, 0.1) is 0 Å². The van der Waals surface area contributed by atoms with E-state index in [0.717, 1.165) is 0 Å². The van der Waals surface area contributed by atoms with Gasteiger partial charge in [0.1, 0.15) is 0 Å². The first-order valence-electron chi connectivity index (χ1n) is 7.12. The van der Waals surface area contributed by atoms with Crippen LogP contribution in [0.5, 0.6) is 0 Å². The molecule has 1 aliphatic heterocycles. The van der Waals surface area contributed by atoms with Crippen molar-refractivity contribution in [3.8, 4) is 11.3 Å². The largest absolute Gasteiger partial charge is 0.345 e. The molecule has 0 fully saturated rings. The summed E-state index contributed by atoms with van der Waals surface area (Å²) in [4.78, 5) is 3.91. The Labute approximate surface area is 128 Å². The van der Waals surface area contributed by atoms with Crippen molar-refractivity contribution in [3.05, 3.63) is 55.2 Å². The first kappa shape index (κ1) is 17.0. The van der Waals surface area contributed by atoms with E-state index < -0.39 is 0 Å². The molecule has 1 aliphatic carbocycles. The molecular weight excluding hydrogens is 258 g/mol. The smallest absolute Gasteiger partial charge is 0.0948 e. The lowest BCUT2D eigenvalue weighted by molar-refractivity contribution is 0.600. The van der Waals surface area contributed by atoms with Gasteiger partial charge in [0, 0.05) is 36.4 Å². The average Bonchev–Trinajstić information content (AvgIpc) is 3.10. The Morgan fingerprint density at radius 3 is 2.14 bits per heavy atom. The predicted octanol–water partition coefficient (Wildman–Crippen LogP) is 5.27. The van der Waals surface area contributed by atoms with Crippen LogP contribution in [0.1, 0.15) is 47.2 Å². The van der Waals surface area contributed by atoms with Crippen LogP contribution in [-0.4, -0.2) is 14.1 Å². The normalized spacial score (nSPS) is 10.4. The second kappa shape index (κ2) is 7.67. The highest BCUT2D eigenvalue weighted by Crippen LogP contribution is 2.24. The molecular formula is C18H27N3. The Bertz CT molecular complexity index is 591. The van der Waals surface area contributed by atoms with Gasteiger partial charge in [0.2, 0.25) is 0 Å². The molecule has 1 aromatic heterocycles. The standard InChI is InChI=1S/C11H13N.C6H10N2.CH4/c1-9(2)12-8-4-6-10-5-3-7-11(10)12;1-6(2)8-4-3-7-5-8;/h3-9H,1-2H3;3-6H,1-2H3;1H4. The Balaban J connectivity index is 0.000000216. The highest BCUT2D eigenvalue weighted by Gasteiger charge is 2.06. The van der Waals surface area contributed by atoms with Crippen LogP contribution in [-0.2, 0) is 0 Å². The average molecular weight is 285 g/mol.